The molecule has 3 amide bonds. The van der Waals surface area contributed by atoms with Crippen LogP contribution in [0.1, 0.15) is 47.1 Å². The number of rotatable bonds is 9. The summed E-state index contributed by atoms with van der Waals surface area (Å²) in [6, 6.07) is 6.21. The van der Waals surface area contributed by atoms with Crippen LogP contribution in [0.4, 0.5) is 4.79 Å². The number of ether oxygens (including phenoxy) is 3. The first kappa shape index (κ1) is 31.6. The summed E-state index contributed by atoms with van der Waals surface area (Å²) in [5.74, 6) is -4.52. The standard InChI is InChI=1S/C27H35N3O10S/c1-15(2)19(29-26(35)39-12-17-10-8-7-9-11-17)22(32)28-20-23(33)30-21(25(34)40-27(4,5)6)18(13-38-16(3)31)14-41(36,37)24(20)30/h7-11,15,19-20,24H,12-14H2,1-6H3,(H,28,32)(H,29,35)/t19-,20+,24-/m1/s1. The second-order valence-electron chi connectivity index (χ2n) is 11.1. The molecule has 1 aromatic rings. The molecule has 1 saturated heterocycles. The molecule has 1 aromatic carbocycles. The second-order valence-corrected chi connectivity index (χ2v) is 13.2. The zero-order valence-electron chi connectivity index (χ0n) is 23.8. The van der Waals surface area contributed by atoms with Gasteiger partial charge in [0, 0.05) is 12.5 Å². The fourth-order valence-electron chi connectivity index (χ4n) is 4.31. The van der Waals surface area contributed by atoms with Crippen LogP contribution in [-0.2, 0) is 49.8 Å². The van der Waals surface area contributed by atoms with Crippen molar-refractivity contribution in [3.63, 3.8) is 0 Å². The Morgan fingerprint density at radius 2 is 1.68 bits per heavy atom. The molecule has 0 aromatic heterocycles. The summed E-state index contributed by atoms with van der Waals surface area (Å²) in [5.41, 5.74) is -0.709. The topological polar surface area (TPSA) is 174 Å². The van der Waals surface area contributed by atoms with Crippen LogP contribution in [0.3, 0.4) is 0 Å². The molecule has 2 aliphatic rings. The number of β-lactam (4-membered cyclic amide) rings is 1. The van der Waals surface area contributed by atoms with Gasteiger partial charge >= 0.3 is 18.0 Å². The van der Waals surface area contributed by atoms with Crippen LogP contribution in [0.2, 0.25) is 0 Å². The van der Waals surface area contributed by atoms with Gasteiger partial charge in [-0.3, -0.25) is 19.3 Å². The van der Waals surface area contributed by atoms with Gasteiger partial charge in [0.25, 0.3) is 5.91 Å². The maximum absolute atomic E-state index is 13.2. The Labute approximate surface area is 238 Å². The first-order valence-corrected chi connectivity index (χ1v) is 14.6. The van der Waals surface area contributed by atoms with Crippen molar-refractivity contribution in [2.24, 2.45) is 5.92 Å². The van der Waals surface area contributed by atoms with E-state index in [9.17, 15) is 32.4 Å². The fourth-order valence-corrected chi connectivity index (χ4v) is 6.31. The number of carbonyl (C=O) groups is 5. The Hall–Kier alpha value is -3.94. The number of fused-ring (bicyclic) bond motifs is 1. The van der Waals surface area contributed by atoms with E-state index in [4.69, 9.17) is 14.2 Å². The highest BCUT2D eigenvalue weighted by Crippen LogP contribution is 2.38. The van der Waals surface area contributed by atoms with Gasteiger partial charge in [0.2, 0.25) is 5.91 Å². The summed E-state index contributed by atoms with van der Waals surface area (Å²) in [4.78, 5) is 64.0. The average Bonchev–Trinajstić information content (AvgIpc) is 2.86. The van der Waals surface area contributed by atoms with E-state index in [1.54, 1.807) is 58.9 Å². The number of amides is 3. The lowest BCUT2D eigenvalue weighted by Crippen LogP contribution is -2.75. The quantitative estimate of drug-likeness (QED) is 0.240. The first-order valence-electron chi connectivity index (χ1n) is 12.9. The van der Waals surface area contributed by atoms with E-state index in [0.29, 0.717) is 0 Å². The van der Waals surface area contributed by atoms with E-state index in [-0.39, 0.29) is 17.9 Å². The predicted molar refractivity (Wildman–Crippen MR) is 144 cm³/mol. The minimum Gasteiger partial charge on any atom is -0.461 e. The molecule has 14 heteroatoms. The Morgan fingerprint density at radius 3 is 2.24 bits per heavy atom. The van der Waals surface area contributed by atoms with Crippen molar-refractivity contribution >= 4 is 39.7 Å². The summed E-state index contributed by atoms with van der Waals surface area (Å²) < 4.78 is 42.0. The lowest BCUT2D eigenvalue weighted by Gasteiger charge is -2.49. The van der Waals surface area contributed by atoms with Crippen LogP contribution in [-0.4, -0.2) is 78.6 Å². The SMILES string of the molecule is CC(=O)OCC1=C(C(=O)OC(C)(C)C)N2C(=O)[C@H](NC(=O)[C@H](NC(=O)OCc3ccccc3)C(C)C)[C@H]2S(=O)(=O)C1. The summed E-state index contributed by atoms with van der Waals surface area (Å²) in [5, 5.41) is 3.27. The monoisotopic (exact) mass is 593 g/mol. The second kappa shape index (κ2) is 12.3. The summed E-state index contributed by atoms with van der Waals surface area (Å²) >= 11 is 0. The Bertz CT molecular complexity index is 1350. The van der Waals surface area contributed by atoms with E-state index in [0.717, 1.165) is 17.4 Å². The van der Waals surface area contributed by atoms with Gasteiger partial charge in [0.05, 0.1) is 5.75 Å². The minimum absolute atomic E-state index is 0.0368. The lowest BCUT2D eigenvalue weighted by atomic mass is 9.99. The zero-order chi connectivity index (χ0) is 30.7. The van der Waals surface area contributed by atoms with Gasteiger partial charge in [-0.2, -0.15) is 0 Å². The predicted octanol–water partition coefficient (Wildman–Crippen LogP) is 1.18. The van der Waals surface area contributed by atoms with Crippen molar-refractivity contribution in [1.82, 2.24) is 15.5 Å². The van der Waals surface area contributed by atoms with Crippen LogP contribution < -0.4 is 10.6 Å². The molecule has 2 heterocycles. The third-order valence-corrected chi connectivity index (χ3v) is 8.11. The van der Waals surface area contributed by atoms with E-state index >= 15 is 0 Å². The Morgan fingerprint density at radius 1 is 1.05 bits per heavy atom. The maximum Gasteiger partial charge on any atom is 0.408 e. The first-order chi connectivity index (χ1) is 19.0. The summed E-state index contributed by atoms with van der Waals surface area (Å²) in [6.07, 6.45) is -0.875. The number of hydrogen-bond acceptors (Lipinski definition) is 10. The third kappa shape index (κ3) is 7.63. The van der Waals surface area contributed by atoms with E-state index in [1.807, 2.05) is 6.07 Å². The van der Waals surface area contributed by atoms with Crippen LogP contribution in [0.15, 0.2) is 41.6 Å². The zero-order valence-corrected chi connectivity index (χ0v) is 24.6. The van der Waals surface area contributed by atoms with Crippen molar-refractivity contribution in [2.75, 3.05) is 12.4 Å². The van der Waals surface area contributed by atoms with Crippen molar-refractivity contribution in [1.29, 1.82) is 0 Å². The Balaban J connectivity index is 1.80. The molecule has 0 radical (unpaired) electrons. The van der Waals surface area contributed by atoms with Crippen LogP contribution in [0.5, 0.6) is 0 Å². The molecule has 2 aliphatic heterocycles. The highest BCUT2D eigenvalue weighted by molar-refractivity contribution is 7.92. The molecule has 0 saturated carbocycles. The van der Waals surface area contributed by atoms with Gasteiger partial charge in [-0.1, -0.05) is 44.2 Å². The molecule has 0 bridgehead atoms. The van der Waals surface area contributed by atoms with Crippen molar-refractivity contribution < 1.29 is 46.6 Å². The van der Waals surface area contributed by atoms with Crippen LogP contribution in [0, 0.1) is 5.92 Å². The molecule has 0 unspecified atom stereocenters. The molecular formula is C27H35N3O10S. The third-order valence-electron chi connectivity index (χ3n) is 6.14. The van der Waals surface area contributed by atoms with Gasteiger partial charge in [-0.25, -0.2) is 18.0 Å². The van der Waals surface area contributed by atoms with Gasteiger partial charge < -0.3 is 24.8 Å². The average molecular weight is 594 g/mol. The number of benzene rings is 1. The van der Waals surface area contributed by atoms with Gasteiger partial charge in [-0.15, -0.1) is 0 Å². The largest absolute Gasteiger partial charge is 0.461 e. The lowest BCUT2D eigenvalue weighted by molar-refractivity contribution is -0.159. The van der Waals surface area contributed by atoms with E-state index in [1.165, 1.54) is 0 Å². The molecule has 13 nitrogen and oxygen atoms in total. The molecule has 41 heavy (non-hydrogen) atoms. The number of nitrogens with one attached hydrogen (secondary N) is 2. The van der Waals surface area contributed by atoms with Crippen molar-refractivity contribution in [3.05, 3.63) is 47.2 Å². The van der Waals surface area contributed by atoms with Gasteiger partial charge in [0.15, 0.2) is 15.2 Å². The highest BCUT2D eigenvalue weighted by atomic mass is 32.2. The number of hydrogen-bond donors (Lipinski definition) is 2. The number of alkyl carbamates (subject to hydrolysis) is 1. The van der Waals surface area contributed by atoms with Crippen molar-refractivity contribution in [2.45, 2.75) is 71.2 Å². The fraction of sp³-hybridized carbons (Fsp3) is 0.519. The molecule has 3 atom stereocenters. The summed E-state index contributed by atoms with van der Waals surface area (Å²) in [7, 11) is -4.15. The molecule has 2 N–H and O–H groups in total. The van der Waals surface area contributed by atoms with E-state index < -0.39 is 81.0 Å². The highest BCUT2D eigenvalue weighted by Gasteiger charge is 2.61. The van der Waals surface area contributed by atoms with Crippen molar-refractivity contribution in [3.8, 4) is 0 Å². The Kier molecular flexibility index (Phi) is 9.47. The molecular weight excluding hydrogens is 558 g/mol. The van der Waals surface area contributed by atoms with Gasteiger partial charge in [-0.05, 0) is 32.3 Å². The minimum atomic E-state index is -4.15. The number of esters is 2. The number of sulfone groups is 1. The molecule has 224 valence electrons. The van der Waals surface area contributed by atoms with Gasteiger partial charge in [0.1, 0.15) is 36.6 Å². The molecule has 3 rings (SSSR count). The van der Waals surface area contributed by atoms with Crippen LogP contribution >= 0.6 is 0 Å². The van der Waals surface area contributed by atoms with Crippen LogP contribution in [0.25, 0.3) is 0 Å². The molecule has 0 spiro atoms. The molecule has 0 aliphatic carbocycles. The molecule has 1 fully saturated rings. The number of nitrogens with zero attached hydrogens (tertiary/aromatic N) is 1. The summed E-state index contributed by atoms with van der Waals surface area (Å²) in [6.45, 7) is 8.63. The maximum atomic E-state index is 13.2. The smallest absolute Gasteiger partial charge is 0.408 e. The number of carbonyl (C=O) groups excluding carboxylic acids is 5. The van der Waals surface area contributed by atoms with E-state index in [2.05, 4.69) is 10.6 Å². The normalized spacial score (nSPS) is 20.4.